The second kappa shape index (κ2) is 13.0. The van der Waals surface area contributed by atoms with Crippen molar-refractivity contribution in [3.63, 3.8) is 0 Å². The maximum atomic E-state index is 13.4. The molecule has 2 aromatic carbocycles. The van der Waals surface area contributed by atoms with E-state index in [-0.39, 0.29) is 24.3 Å². The Labute approximate surface area is 239 Å². The molecule has 1 aliphatic carbocycles. The van der Waals surface area contributed by atoms with Crippen LogP contribution in [0.4, 0.5) is 5.95 Å². The van der Waals surface area contributed by atoms with Gasteiger partial charge in [0.1, 0.15) is 5.75 Å². The third kappa shape index (κ3) is 6.98. The molecule has 1 aliphatic heterocycles. The predicted octanol–water partition coefficient (Wildman–Crippen LogP) is 3.07. The van der Waals surface area contributed by atoms with E-state index in [2.05, 4.69) is 10.2 Å². The molecule has 3 aromatic rings. The molecule has 2 aliphatic rings. The second-order valence-electron chi connectivity index (χ2n) is 10.1. The van der Waals surface area contributed by atoms with E-state index in [9.17, 15) is 9.59 Å². The number of ether oxygens (including phenoxy) is 4. The molecule has 0 spiro atoms. The Balaban J connectivity index is 1.39. The van der Waals surface area contributed by atoms with Crippen LogP contribution in [-0.2, 0) is 14.3 Å². The van der Waals surface area contributed by atoms with Gasteiger partial charge in [0.25, 0.3) is 0 Å². The molecule has 1 saturated carbocycles. The molecular weight excluding hydrogens is 526 g/mol. The Kier molecular flexibility index (Phi) is 9.05. The SMILES string of the molecule is COc1ccc(-c2cn(-c3ccc(OC)c(OC)c3)c(NC(=O)CN(CCN3CCOCC3)C(=O)C3CC3)n2)cc1. The number of aromatic nitrogens is 2. The molecule has 5 rings (SSSR count). The molecule has 2 fully saturated rings. The van der Waals surface area contributed by atoms with Crippen LogP contribution in [0.25, 0.3) is 16.9 Å². The first-order valence-corrected chi connectivity index (χ1v) is 13.8. The first-order chi connectivity index (χ1) is 20.0. The molecule has 0 bridgehead atoms. The van der Waals surface area contributed by atoms with Crippen molar-refractivity contribution >= 4 is 17.8 Å². The topological polar surface area (TPSA) is 107 Å². The molecule has 2 amide bonds. The van der Waals surface area contributed by atoms with Crippen LogP contribution in [-0.4, -0.2) is 98.4 Å². The van der Waals surface area contributed by atoms with Gasteiger partial charge in [0.15, 0.2) is 11.5 Å². The fourth-order valence-corrected chi connectivity index (χ4v) is 4.82. The highest BCUT2D eigenvalue weighted by Gasteiger charge is 2.34. The van der Waals surface area contributed by atoms with Gasteiger partial charge in [-0.15, -0.1) is 0 Å². The summed E-state index contributed by atoms with van der Waals surface area (Å²) in [6, 6.07) is 13.0. The van der Waals surface area contributed by atoms with E-state index >= 15 is 0 Å². The van der Waals surface area contributed by atoms with Crippen LogP contribution in [0, 0.1) is 5.92 Å². The summed E-state index contributed by atoms with van der Waals surface area (Å²) in [4.78, 5) is 35.2. The smallest absolute Gasteiger partial charge is 0.246 e. The summed E-state index contributed by atoms with van der Waals surface area (Å²) in [7, 11) is 4.77. The number of imidazole rings is 1. The van der Waals surface area contributed by atoms with Gasteiger partial charge in [0.2, 0.25) is 17.8 Å². The van der Waals surface area contributed by atoms with Crippen LogP contribution in [0.5, 0.6) is 17.2 Å². The van der Waals surface area contributed by atoms with Gasteiger partial charge in [-0.3, -0.25) is 24.4 Å². The molecule has 2 heterocycles. The molecule has 0 radical (unpaired) electrons. The van der Waals surface area contributed by atoms with Crippen LogP contribution in [0.2, 0.25) is 0 Å². The Hall–Kier alpha value is -4.09. The molecule has 0 atom stereocenters. The Morgan fingerprint density at radius 3 is 2.39 bits per heavy atom. The van der Waals surface area contributed by atoms with Gasteiger partial charge < -0.3 is 23.8 Å². The van der Waals surface area contributed by atoms with Gasteiger partial charge in [0, 0.05) is 49.9 Å². The summed E-state index contributed by atoms with van der Waals surface area (Å²) in [6.45, 7) is 4.18. The van der Waals surface area contributed by atoms with Crippen LogP contribution in [0.1, 0.15) is 12.8 Å². The van der Waals surface area contributed by atoms with Crippen molar-refractivity contribution in [3.8, 4) is 34.2 Å². The van der Waals surface area contributed by atoms with Crippen molar-refractivity contribution in [2.24, 2.45) is 5.92 Å². The minimum atomic E-state index is -0.311. The number of carbonyl (C=O) groups is 2. The molecule has 1 aromatic heterocycles. The average Bonchev–Trinajstić information content (AvgIpc) is 3.79. The zero-order chi connectivity index (χ0) is 28.8. The van der Waals surface area contributed by atoms with Crippen molar-refractivity contribution in [2.75, 3.05) is 72.6 Å². The van der Waals surface area contributed by atoms with Crippen LogP contribution >= 0.6 is 0 Å². The van der Waals surface area contributed by atoms with Gasteiger partial charge in [-0.25, -0.2) is 4.98 Å². The van der Waals surface area contributed by atoms with Crippen LogP contribution < -0.4 is 19.5 Å². The second-order valence-corrected chi connectivity index (χ2v) is 10.1. The average molecular weight is 564 g/mol. The normalized spacial score (nSPS) is 15.3. The zero-order valence-electron chi connectivity index (χ0n) is 23.8. The quantitative estimate of drug-likeness (QED) is 0.358. The minimum Gasteiger partial charge on any atom is -0.497 e. The Morgan fingerprint density at radius 1 is 1.00 bits per heavy atom. The Morgan fingerprint density at radius 2 is 1.73 bits per heavy atom. The number of hydrogen-bond donors (Lipinski definition) is 1. The third-order valence-electron chi connectivity index (χ3n) is 7.35. The maximum absolute atomic E-state index is 13.4. The van der Waals surface area contributed by atoms with Crippen molar-refractivity contribution in [1.29, 1.82) is 0 Å². The highest BCUT2D eigenvalue weighted by molar-refractivity contribution is 5.94. The lowest BCUT2D eigenvalue weighted by Crippen LogP contribution is -2.45. The van der Waals surface area contributed by atoms with Gasteiger partial charge >= 0.3 is 0 Å². The first kappa shape index (κ1) is 28.4. The summed E-state index contributed by atoms with van der Waals surface area (Å²) in [6.07, 6.45) is 3.61. The fraction of sp³-hybridized carbons (Fsp3) is 0.433. The number of nitrogens with one attached hydrogen (secondary N) is 1. The van der Waals surface area contributed by atoms with E-state index in [1.165, 1.54) is 0 Å². The monoisotopic (exact) mass is 563 g/mol. The summed E-state index contributed by atoms with van der Waals surface area (Å²) >= 11 is 0. The number of hydrogen-bond acceptors (Lipinski definition) is 8. The van der Waals surface area contributed by atoms with E-state index in [1.807, 2.05) is 42.6 Å². The summed E-state index contributed by atoms with van der Waals surface area (Å²) in [5.74, 6) is 1.95. The molecular formula is C30H37N5O6. The Bertz CT molecular complexity index is 1350. The third-order valence-corrected chi connectivity index (χ3v) is 7.35. The van der Waals surface area contributed by atoms with Crippen molar-refractivity contribution in [2.45, 2.75) is 12.8 Å². The lowest BCUT2D eigenvalue weighted by atomic mass is 10.1. The van der Waals surface area contributed by atoms with Crippen LogP contribution in [0.15, 0.2) is 48.7 Å². The summed E-state index contributed by atoms with van der Waals surface area (Å²) in [5, 5.41) is 2.96. The minimum absolute atomic E-state index is 0.0166. The highest BCUT2D eigenvalue weighted by atomic mass is 16.5. The van der Waals surface area contributed by atoms with Gasteiger partial charge in [-0.2, -0.15) is 0 Å². The lowest BCUT2D eigenvalue weighted by Gasteiger charge is -2.30. The molecule has 1 saturated heterocycles. The van der Waals surface area contributed by atoms with Gasteiger partial charge in [-0.1, -0.05) is 0 Å². The zero-order valence-corrected chi connectivity index (χ0v) is 23.8. The van der Waals surface area contributed by atoms with E-state index in [4.69, 9.17) is 23.9 Å². The largest absolute Gasteiger partial charge is 0.497 e. The molecule has 11 nitrogen and oxygen atoms in total. The molecule has 1 N–H and O–H groups in total. The van der Waals surface area contributed by atoms with Crippen molar-refractivity contribution in [3.05, 3.63) is 48.7 Å². The number of methoxy groups -OCH3 is 3. The van der Waals surface area contributed by atoms with E-state index in [0.29, 0.717) is 49.4 Å². The number of morpholine rings is 1. The number of carbonyl (C=O) groups excluding carboxylic acids is 2. The molecule has 11 heteroatoms. The van der Waals surface area contributed by atoms with E-state index < -0.39 is 0 Å². The number of nitrogens with zero attached hydrogens (tertiary/aromatic N) is 4. The summed E-state index contributed by atoms with van der Waals surface area (Å²) < 4.78 is 23.4. The maximum Gasteiger partial charge on any atom is 0.246 e. The van der Waals surface area contributed by atoms with Crippen molar-refractivity contribution < 1.29 is 28.5 Å². The number of anilines is 1. The number of amides is 2. The molecule has 0 unspecified atom stereocenters. The number of rotatable bonds is 12. The predicted molar refractivity (Wildman–Crippen MR) is 154 cm³/mol. The first-order valence-electron chi connectivity index (χ1n) is 13.8. The highest BCUT2D eigenvalue weighted by Crippen LogP contribution is 2.33. The van der Waals surface area contributed by atoms with Crippen LogP contribution in [0.3, 0.4) is 0 Å². The lowest BCUT2D eigenvalue weighted by molar-refractivity contribution is -0.136. The fourth-order valence-electron chi connectivity index (χ4n) is 4.82. The standard InChI is InChI=1S/C30H37N5O6/c1-38-24-9-6-21(7-10-24)25-19-35(23-8-11-26(39-2)27(18-23)40-3)30(31-25)32-28(36)20-34(29(37)22-4-5-22)13-12-33-14-16-41-17-15-33/h6-11,18-19,22H,4-5,12-17,20H2,1-3H3,(H,31,32,36). The van der Waals surface area contributed by atoms with Gasteiger partial charge in [-0.05, 0) is 49.2 Å². The van der Waals surface area contributed by atoms with Crippen molar-refractivity contribution in [1.82, 2.24) is 19.4 Å². The summed E-state index contributed by atoms with van der Waals surface area (Å²) in [5.41, 5.74) is 2.25. The van der Waals surface area contributed by atoms with Gasteiger partial charge in [0.05, 0.1) is 52.5 Å². The molecule has 218 valence electrons. The van der Waals surface area contributed by atoms with E-state index in [1.54, 1.807) is 36.9 Å². The van der Waals surface area contributed by atoms with E-state index in [0.717, 1.165) is 42.9 Å². The molecule has 41 heavy (non-hydrogen) atoms. The number of benzene rings is 2.